The molecule has 0 aliphatic rings. The Bertz CT molecular complexity index is 471. The molecular weight excluding hydrogens is 250 g/mol. The van der Waals surface area contributed by atoms with E-state index in [2.05, 4.69) is 5.32 Å². The highest BCUT2D eigenvalue weighted by molar-refractivity contribution is 7.91. The van der Waals surface area contributed by atoms with Crippen molar-refractivity contribution < 1.29 is 13.2 Å². The van der Waals surface area contributed by atoms with Crippen LogP contribution in [0.15, 0.2) is 29.2 Å². The number of benzene rings is 1. The van der Waals surface area contributed by atoms with E-state index in [9.17, 15) is 8.42 Å². The van der Waals surface area contributed by atoms with Gasteiger partial charge in [0.2, 0.25) is 0 Å². The zero-order valence-corrected chi connectivity index (χ0v) is 12.0. The number of sulfone groups is 1. The van der Waals surface area contributed by atoms with Crippen LogP contribution in [0.1, 0.15) is 19.8 Å². The van der Waals surface area contributed by atoms with Crippen molar-refractivity contribution in [2.45, 2.75) is 30.7 Å². The molecule has 0 bridgehead atoms. The summed E-state index contributed by atoms with van der Waals surface area (Å²) in [5, 5.41) is 3.05. The summed E-state index contributed by atoms with van der Waals surface area (Å²) >= 11 is 0. The molecule has 1 N–H and O–H groups in total. The molecule has 1 atom stereocenters. The first-order valence-corrected chi connectivity index (χ1v) is 7.73. The molecule has 0 spiro atoms. The Morgan fingerprint density at radius 1 is 1.33 bits per heavy atom. The van der Waals surface area contributed by atoms with E-state index in [1.165, 1.54) is 7.11 Å². The van der Waals surface area contributed by atoms with Crippen LogP contribution < -0.4 is 10.1 Å². The van der Waals surface area contributed by atoms with Crippen molar-refractivity contribution in [1.82, 2.24) is 5.32 Å². The largest absolute Gasteiger partial charge is 0.495 e. The van der Waals surface area contributed by atoms with E-state index in [1.807, 2.05) is 6.92 Å². The second-order valence-corrected chi connectivity index (χ2v) is 6.21. The molecule has 0 saturated heterocycles. The standard InChI is InChI=1S/C13H21NO3S/c1-4-7-11(14-2)10-18(15,16)13-9-6-5-8-12(13)17-3/h5-6,8-9,11,14H,4,7,10H2,1-3H3. The predicted molar refractivity (Wildman–Crippen MR) is 72.8 cm³/mol. The Morgan fingerprint density at radius 2 is 2.00 bits per heavy atom. The molecule has 0 fully saturated rings. The summed E-state index contributed by atoms with van der Waals surface area (Å²) in [6.45, 7) is 2.04. The third-order valence-electron chi connectivity index (χ3n) is 2.87. The molecule has 1 rings (SSSR count). The fraction of sp³-hybridized carbons (Fsp3) is 0.538. The van der Waals surface area contributed by atoms with Crippen LogP contribution in [0.5, 0.6) is 5.75 Å². The Kier molecular flexibility index (Phi) is 5.62. The van der Waals surface area contributed by atoms with Gasteiger partial charge in [0, 0.05) is 6.04 Å². The monoisotopic (exact) mass is 271 g/mol. The lowest BCUT2D eigenvalue weighted by molar-refractivity contribution is 0.402. The van der Waals surface area contributed by atoms with Crippen molar-refractivity contribution in [1.29, 1.82) is 0 Å². The van der Waals surface area contributed by atoms with Crippen molar-refractivity contribution in [2.24, 2.45) is 0 Å². The smallest absolute Gasteiger partial charge is 0.183 e. The van der Waals surface area contributed by atoms with E-state index < -0.39 is 9.84 Å². The first kappa shape index (κ1) is 15.0. The Morgan fingerprint density at radius 3 is 2.56 bits per heavy atom. The number of hydrogen-bond acceptors (Lipinski definition) is 4. The Hall–Kier alpha value is -1.07. The van der Waals surface area contributed by atoms with Gasteiger partial charge in [0.1, 0.15) is 10.6 Å². The SMILES string of the molecule is CCCC(CS(=O)(=O)c1ccccc1OC)NC. The summed E-state index contributed by atoms with van der Waals surface area (Å²) in [4.78, 5) is 0.267. The maximum Gasteiger partial charge on any atom is 0.183 e. The number of rotatable bonds is 7. The number of ether oxygens (including phenoxy) is 1. The average Bonchev–Trinajstić information content (AvgIpc) is 2.38. The van der Waals surface area contributed by atoms with E-state index >= 15 is 0 Å². The van der Waals surface area contributed by atoms with Crippen molar-refractivity contribution in [3.8, 4) is 5.75 Å². The minimum Gasteiger partial charge on any atom is -0.495 e. The highest BCUT2D eigenvalue weighted by Crippen LogP contribution is 2.24. The zero-order chi connectivity index (χ0) is 13.6. The van der Waals surface area contributed by atoms with Gasteiger partial charge in [0.15, 0.2) is 9.84 Å². The summed E-state index contributed by atoms with van der Waals surface area (Å²) in [7, 11) is -0.0522. The van der Waals surface area contributed by atoms with Gasteiger partial charge in [-0.3, -0.25) is 0 Å². The average molecular weight is 271 g/mol. The molecule has 0 aromatic heterocycles. The Labute approximate surface area is 109 Å². The highest BCUT2D eigenvalue weighted by atomic mass is 32.2. The van der Waals surface area contributed by atoms with Gasteiger partial charge >= 0.3 is 0 Å². The van der Waals surface area contributed by atoms with Crippen LogP contribution in [0.4, 0.5) is 0 Å². The van der Waals surface area contributed by atoms with Crippen molar-refractivity contribution in [2.75, 3.05) is 19.9 Å². The molecule has 102 valence electrons. The van der Waals surface area contributed by atoms with Crippen LogP contribution >= 0.6 is 0 Å². The minimum atomic E-state index is -3.32. The van der Waals surface area contributed by atoms with Crippen molar-refractivity contribution in [3.63, 3.8) is 0 Å². The van der Waals surface area contributed by atoms with Gasteiger partial charge in [-0.1, -0.05) is 25.5 Å². The molecular formula is C13H21NO3S. The lowest BCUT2D eigenvalue weighted by Gasteiger charge is -2.16. The normalized spacial score (nSPS) is 13.3. The van der Waals surface area contributed by atoms with Crippen LogP contribution in [0, 0.1) is 0 Å². The molecule has 1 aromatic rings. The topological polar surface area (TPSA) is 55.4 Å². The van der Waals surface area contributed by atoms with Gasteiger partial charge in [-0.05, 0) is 25.6 Å². The number of methoxy groups -OCH3 is 1. The maximum atomic E-state index is 12.3. The lowest BCUT2D eigenvalue weighted by atomic mass is 10.2. The van der Waals surface area contributed by atoms with Gasteiger partial charge in [0.25, 0.3) is 0 Å². The Balaban J connectivity index is 2.98. The molecule has 0 saturated carbocycles. The molecule has 0 aliphatic carbocycles. The summed E-state index contributed by atoms with van der Waals surface area (Å²) in [5.74, 6) is 0.501. The molecule has 0 amide bonds. The van der Waals surface area contributed by atoms with Crippen molar-refractivity contribution in [3.05, 3.63) is 24.3 Å². The minimum absolute atomic E-state index is 0.0232. The third kappa shape index (κ3) is 3.71. The van der Waals surface area contributed by atoms with E-state index in [1.54, 1.807) is 31.3 Å². The summed E-state index contributed by atoms with van der Waals surface area (Å²) in [6, 6.07) is 6.71. The van der Waals surface area contributed by atoms with Crippen LogP contribution in [-0.4, -0.2) is 34.4 Å². The second kappa shape index (κ2) is 6.75. The fourth-order valence-electron chi connectivity index (χ4n) is 1.89. The molecule has 5 heteroatoms. The first-order chi connectivity index (χ1) is 8.55. The van der Waals surface area contributed by atoms with E-state index in [0.717, 1.165) is 12.8 Å². The van der Waals surface area contributed by atoms with E-state index in [-0.39, 0.29) is 16.7 Å². The van der Waals surface area contributed by atoms with Crippen LogP contribution in [0.3, 0.4) is 0 Å². The molecule has 4 nitrogen and oxygen atoms in total. The molecule has 0 radical (unpaired) electrons. The highest BCUT2D eigenvalue weighted by Gasteiger charge is 2.22. The summed E-state index contributed by atoms with van der Waals surface area (Å²) in [5.41, 5.74) is 0. The number of hydrogen-bond donors (Lipinski definition) is 1. The third-order valence-corrected chi connectivity index (χ3v) is 4.72. The van der Waals surface area contributed by atoms with Gasteiger partial charge in [-0.25, -0.2) is 8.42 Å². The molecule has 1 aromatic carbocycles. The predicted octanol–water partition coefficient (Wildman–Crippen LogP) is 1.86. The zero-order valence-electron chi connectivity index (χ0n) is 11.1. The quantitative estimate of drug-likeness (QED) is 0.822. The maximum absolute atomic E-state index is 12.3. The molecule has 18 heavy (non-hydrogen) atoms. The van der Waals surface area contributed by atoms with E-state index in [0.29, 0.717) is 5.75 Å². The number of nitrogens with one attached hydrogen (secondary N) is 1. The van der Waals surface area contributed by atoms with Crippen LogP contribution in [0.25, 0.3) is 0 Å². The van der Waals surface area contributed by atoms with E-state index in [4.69, 9.17) is 4.74 Å². The van der Waals surface area contributed by atoms with Crippen LogP contribution in [-0.2, 0) is 9.84 Å². The van der Waals surface area contributed by atoms with Crippen LogP contribution in [0.2, 0.25) is 0 Å². The van der Waals surface area contributed by atoms with Gasteiger partial charge < -0.3 is 10.1 Å². The van der Waals surface area contributed by atoms with Gasteiger partial charge in [-0.15, -0.1) is 0 Å². The molecule has 0 heterocycles. The molecule has 0 aliphatic heterocycles. The molecule has 1 unspecified atom stereocenters. The second-order valence-electron chi connectivity index (χ2n) is 4.21. The first-order valence-electron chi connectivity index (χ1n) is 6.08. The summed E-state index contributed by atoms with van der Waals surface area (Å²) in [6.07, 6.45) is 1.79. The summed E-state index contributed by atoms with van der Waals surface area (Å²) < 4.78 is 29.8. The van der Waals surface area contributed by atoms with Gasteiger partial charge in [0.05, 0.1) is 12.9 Å². The number of para-hydroxylation sites is 1. The lowest BCUT2D eigenvalue weighted by Crippen LogP contribution is -2.33. The van der Waals surface area contributed by atoms with Gasteiger partial charge in [-0.2, -0.15) is 0 Å². The fourth-order valence-corrected chi connectivity index (χ4v) is 3.68. The van der Waals surface area contributed by atoms with Crippen molar-refractivity contribution >= 4 is 9.84 Å².